The third-order valence-corrected chi connectivity index (χ3v) is 5.31. The van der Waals surface area contributed by atoms with Crippen LogP contribution in [0.4, 0.5) is 4.39 Å². The van der Waals surface area contributed by atoms with Crippen molar-refractivity contribution in [1.82, 2.24) is 19.7 Å². The number of fused-ring (bicyclic) bond motifs is 4. The molecule has 0 radical (unpaired) electrons. The first-order valence-corrected chi connectivity index (χ1v) is 8.95. The number of carbonyl (C=O) groups is 1. The molecule has 3 aliphatic heterocycles. The van der Waals surface area contributed by atoms with Crippen LogP contribution in [0, 0.1) is 12.7 Å². The van der Waals surface area contributed by atoms with Crippen molar-refractivity contribution in [2.45, 2.75) is 25.6 Å². The second-order valence-electron chi connectivity index (χ2n) is 6.98. The predicted octanol–water partition coefficient (Wildman–Crippen LogP) is 1.68. The van der Waals surface area contributed by atoms with E-state index in [1.54, 1.807) is 24.0 Å². The summed E-state index contributed by atoms with van der Waals surface area (Å²) in [6.07, 6.45) is 3.91. The zero-order valence-electron chi connectivity index (χ0n) is 14.8. The van der Waals surface area contributed by atoms with Gasteiger partial charge in [-0.3, -0.25) is 9.79 Å². The molecule has 2 atom stereocenters. The molecule has 1 fully saturated rings. The SMILES string of the molecule is Cc1cccc(C(=O)N2[C@H]3COC[C@@H]2c2nnc(C4=NCC=C4)n2C3)c1F. The van der Waals surface area contributed by atoms with E-state index in [0.29, 0.717) is 43.5 Å². The minimum Gasteiger partial charge on any atom is -0.377 e. The normalized spacial score (nSPS) is 23.3. The highest BCUT2D eigenvalue weighted by Crippen LogP contribution is 2.34. The van der Waals surface area contributed by atoms with E-state index in [1.165, 1.54) is 6.07 Å². The monoisotopic (exact) mass is 367 g/mol. The van der Waals surface area contributed by atoms with Crippen molar-refractivity contribution in [2.75, 3.05) is 19.8 Å². The van der Waals surface area contributed by atoms with Gasteiger partial charge in [0.05, 0.1) is 31.4 Å². The van der Waals surface area contributed by atoms with Gasteiger partial charge in [-0.2, -0.15) is 0 Å². The summed E-state index contributed by atoms with van der Waals surface area (Å²) >= 11 is 0. The Morgan fingerprint density at radius 1 is 1.30 bits per heavy atom. The minimum atomic E-state index is -0.473. The number of aliphatic imine (C=N–C) groups is 1. The molecule has 0 unspecified atom stereocenters. The number of benzene rings is 1. The zero-order valence-corrected chi connectivity index (χ0v) is 14.8. The largest absolute Gasteiger partial charge is 0.377 e. The van der Waals surface area contributed by atoms with Crippen molar-refractivity contribution in [1.29, 1.82) is 0 Å². The molecule has 138 valence electrons. The molecule has 0 saturated carbocycles. The average molecular weight is 367 g/mol. The molecule has 1 aromatic carbocycles. The number of rotatable bonds is 2. The van der Waals surface area contributed by atoms with E-state index in [-0.39, 0.29) is 17.5 Å². The van der Waals surface area contributed by atoms with Crippen LogP contribution in [0.1, 0.15) is 33.6 Å². The quantitative estimate of drug-likeness (QED) is 0.810. The summed E-state index contributed by atoms with van der Waals surface area (Å²) in [5, 5.41) is 8.62. The van der Waals surface area contributed by atoms with Gasteiger partial charge in [0.25, 0.3) is 5.91 Å². The van der Waals surface area contributed by atoms with Crippen LogP contribution in [-0.4, -0.2) is 57.1 Å². The van der Waals surface area contributed by atoms with Gasteiger partial charge in [0.2, 0.25) is 0 Å². The van der Waals surface area contributed by atoms with Gasteiger partial charge in [-0.25, -0.2) is 4.39 Å². The number of hydrogen-bond acceptors (Lipinski definition) is 5. The Kier molecular flexibility index (Phi) is 3.68. The summed E-state index contributed by atoms with van der Waals surface area (Å²) in [7, 11) is 0. The van der Waals surface area contributed by atoms with E-state index in [1.807, 2.05) is 16.7 Å². The number of carbonyl (C=O) groups excluding carboxylic acids is 1. The maximum Gasteiger partial charge on any atom is 0.257 e. The standard InChI is InChI=1S/C19H18FN5O2/c1-11-4-2-5-13(16(11)20)19(26)25-12-8-24-17(14-6-3-7-21-14)22-23-18(24)15(25)10-27-9-12/h2-6,12,15H,7-10H2,1H3/t12-,15-/m1/s1. The van der Waals surface area contributed by atoms with E-state index < -0.39 is 11.9 Å². The van der Waals surface area contributed by atoms with E-state index in [2.05, 4.69) is 15.2 Å². The summed E-state index contributed by atoms with van der Waals surface area (Å²) in [6.45, 7) is 3.52. The van der Waals surface area contributed by atoms with Crippen LogP contribution in [0.25, 0.3) is 0 Å². The molecule has 2 aromatic rings. The maximum atomic E-state index is 14.6. The molecule has 27 heavy (non-hydrogen) atoms. The predicted molar refractivity (Wildman–Crippen MR) is 95.2 cm³/mol. The van der Waals surface area contributed by atoms with E-state index in [0.717, 1.165) is 5.71 Å². The molecule has 0 spiro atoms. The van der Waals surface area contributed by atoms with E-state index in [9.17, 15) is 9.18 Å². The maximum absolute atomic E-state index is 14.6. The fraction of sp³-hybridized carbons (Fsp3) is 0.368. The second kappa shape index (κ2) is 6.09. The van der Waals surface area contributed by atoms with Gasteiger partial charge in [-0.05, 0) is 24.6 Å². The number of aryl methyl sites for hydroxylation is 1. The number of ether oxygens (including phenoxy) is 1. The molecule has 2 bridgehead atoms. The molecule has 8 heteroatoms. The van der Waals surface area contributed by atoms with Gasteiger partial charge in [0.15, 0.2) is 11.6 Å². The number of morpholine rings is 1. The Morgan fingerprint density at radius 2 is 2.19 bits per heavy atom. The number of amides is 1. The molecule has 7 nitrogen and oxygen atoms in total. The van der Waals surface area contributed by atoms with Crippen LogP contribution in [0.5, 0.6) is 0 Å². The van der Waals surface area contributed by atoms with Gasteiger partial charge in [0.1, 0.15) is 17.6 Å². The van der Waals surface area contributed by atoms with Gasteiger partial charge in [0, 0.05) is 6.54 Å². The molecular weight excluding hydrogens is 349 g/mol. The van der Waals surface area contributed by atoms with Crippen molar-refractivity contribution in [3.63, 3.8) is 0 Å². The van der Waals surface area contributed by atoms with Crippen molar-refractivity contribution in [3.05, 3.63) is 58.9 Å². The summed E-state index contributed by atoms with van der Waals surface area (Å²) in [5.41, 5.74) is 1.34. The van der Waals surface area contributed by atoms with Crippen LogP contribution in [0.15, 0.2) is 35.3 Å². The second-order valence-corrected chi connectivity index (χ2v) is 6.98. The Morgan fingerprint density at radius 3 is 3.00 bits per heavy atom. The van der Waals surface area contributed by atoms with Gasteiger partial charge >= 0.3 is 0 Å². The van der Waals surface area contributed by atoms with Crippen molar-refractivity contribution < 1.29 is 13.9 Å². The first-order valence-electron chi connectivity index (χ1n) is 8.95. The lowest BCUT2D eigenvalue weighted by molar-refractivity contribution is -0.0573. The average Bonchev–Trinajstić information content (AvgIpc) is 3.32. The highest BCUT2D eigenvalue weighted by atomic mass is 19.1. The Bertz CT molecular complexity index is 996. The van der Waals surface area contributed by atoms with Crippen molar-refractivity contribution >= 4 is 11.6 Å². The summed E-state index contributed by atoms with van der Waals surface area (Å²) < 4.78 is 22.3. The van der Waals surface area contributed by atoms with E-state index >= 15 is 0 Å². The smallest absolute Gasteiger partial charge is 0.257 e. The molecule has 3 aliphatic rings. The third-order valence-electron chi connectivity index (χ3n) is 5.31. The lowest BCUT2D eigenvalue weighted by Gasteiger charge is -2.45. The molecule has 1 amide bonds. The molecule has 1 saturated heterocycles. The summed E-state index contributed by atoms with van der Waals surface area (Å²) in [6, 6.07) is 4.30. The van der Waals surface area contributed by atoms with Crippen molar-refractivity contribution in [2.24, 2.45) is 4.99 Å². The molecule has 5 rings (SSSR count). The molecule has 4 heterocycles. The van der Waals surface area contributed by atoms with Gasteiger partial charge < -0.3 is 14.2 Å². The van der Waals surface area contributed by atoms with Crippen molar-refractivity contribution in [3.8, 4) is 0 Å². The van der Waals surface area contributed by atoms with Gasteiger partial charge in [-0.15, -0.1) is 10.2 Å². The highest BCUT2D eigenvalue weighted by Gasteiger charge is 2.44. The number of aromatic nitrogens is 3. The first kappa shape index (κ1) is 16.3. The van der Waals surface area contributed by atoms with Crippen LogP contribution in [0.3, 0.4) is 0 Å². The van der Waals surface area contributed by atoms with Crippen LogP contribution in [0.2, 0.25) is 0 Å². The minimum absolute atomic E-state index is 0.0863. The van der Waals surface area contributed by atoms with Gasteiger partial charge in [-0.1, -0.05) is 18.2 Å². The topological polar surface area (TPSA) is 72.6 Å². The number of hydrogen-bond donors (Lipinski definition) is 0. The highest BCUT2D eigenvalue weighted by molar-refractivity contribution is 6.07. The lowest BCUT2D eigenvalue weighted by Crippen LogP contribution is -2.56. The lowest BCUT2D eigenvalue weighted by atomic mass is 10.0. The molecule has 0 N–H and O–H groups in total. The molecule has 0 aliphatic carbocycles. The molecule has 1 aromatic heterocycles. The first-order chi connectivity index (χ1) is 13.1. The Hall–Kier alpha value is -2.87. The number of halogens is 1. The fourth-order valence-electron chi connectivity index (χ4n) is 3.98. The Labute approximate surface area is 155 Å². The van der Waals surface area contributed by atoms with Crippen LogP contribution >= 0.6 is 0 Å². The fourth-order valence-corrected chi connectivity index (χ4v) is 3.98. The van der Waals surface area contributed by atoms with Crippen LogP contribution in [-0.2, 0) is 11.3 Å². The zero-order chi connectivity index (χ0) is 18.5. The Balaban J connectivity index is 1.56. The molecular formula is C19H18FN5O2. The van der Waals surface area contributed by atoms with Crippen LogP contribution < -0.4 is 0 Å². The number of nitrogens with zero attached hydrogens (tertiary/aromatic N) is 5. The summed E-state index contributed by atoms with van der Waals surface area (Å²) in [4.78, 5) is 19.3. The van der Waals surface area contributed by atoms with E-state index in [4.69, 9.17) is 4.74 Å². The third kappa shape index (κ3) is 2.43. The number of allylic oxidation sites excluding steroid dienone is 1. The summed E-state index contributed by atoms with van der Waals surface area (Å²) in [5.74, 6) is 0.568.